The summed E-state index contributed by atoms with van der Waals surface area (Å²) in [5.74, 6) is -2.05. The van der Waals surface area contributed by atoms with Crippen LogP contribution in [0.25, 0.3) is 0 Å². The van der Waals surface area contributed by atoms with E-state index in [1.165, 1.54) is 19.4 Å². The summed E-state index contributed by atoms with van der Waals surface area (Å²) < 4.78 is 63.1. The van der Waals surface area contributed by atoms with Crippen LogP contribution in [0.2, 0.25) is 0 Å². The van der Waals surface area contributed by atoms with Crippen LogP contribution in [-0.2, 0) is 22.4 Å². The molecule has 0 fully saturated rings. The summed E-state index contributed by atoms with van der Waals surface area (Å²) >= 11 is 3.35. The highest BCUT2D eigenvalue weighted by atomic mass is 79.9. The summed E-state index contributed by atoms with van der Waals surface area (Å²) in [5.41, 5.74) is 1.95. The molecule has 3 rings (SSSR count). The molecule has 0 aliphatic carbocycles. The molecule has 0 aliphatic rings. The third-order valence-corrected chi connectivity index (χ3v) is 5.23. The summed E-state index contributed by atoms with van der Waals surface area (Å²) in [6, 6.07) is 12.9. The van der Waals surface area contributed by atoms with Gasteiger partial charge in [0.2, 0.25) is 0 Å². The number of halogens is 5. The highest BCUT2D eigenvalue weighted by Crippen LogP contribution is 2.37. The van der Waals surface area contributed by atoms with Crippen LogP contribution in [0, 0.1) is 5.82 Å². The molecule has 36 heavy (non-hydrogen) atoms. The van der Waals surface area contributed by atoms with Crippen LogP contribution in [0.3, 0.4) is 0 Å². The van der Waals surface area contributed by atoms with Gasteiger partial charge in [-0.1, -0.05) is 18.2 Å². The van der Waals surface area contributed by atoms with Gasteiger partial charge in [0, 0.05) is 11.3 Å². The van der Waals surface area contributed by atoms with Gasteiger partial charge in [0.1, 0.15) is 12.4 Å². The van der Waals surface area contributed by atoms with Crippen molar-refractivity contribution in [2.75, 3.05) is 12.4 Å². The largest absolute Gasteiger partial charge is 0.493 e. The molecule has 3 aromatic carbocycles. The van der Waals surface area contributed by atoms with E-state index in [0.717, 1.165) is 24.3 Å². The van der Waals surface area contributed by atoms with Gasteiger partial charge in [0.15, 0.2) is 11.5 Å². The van der Waals surface area contributed by atoms with Crippen LogP contribution < -0.4 is 20.2 Å². The minimum Gasteiger partial charge on any atom is -0.493 e. The minimum absolute atomic E-state index is 0.00627. The lowest BCUT2D eigenvalue weighted by molar-refractivity contribution is -0.137. The lowest BCUT2D eigenvalue weighted by Crippen LogP contribution is -2.32. The summed E-state index contributed by atoms with van der Waals surface area (Å²) in [5, 5.41) is 5.87. The fraction of sp³-hybridized carbons (Fsp3) is 0.125. The average Bonchev–Trinajstić information content (AvgIpc) is 2.83. The molecule has 0 heterocycles. The van der Waals surface area contributed by atoms with Crippen LogP contribution in [0.4, 0.5) is 23.2 Å². The topological polar surface area (TPSA) is 89.0 Å². The second-order valence-corrected chi connectivity index (χ2v) is 8.00. The Morgan fingerprint density at radius 1 is 1.06 bits per heavy atom. The van der Waals surface area contributed by atoms with E-state index in [0.29, 0.717) is 27.1 Å². The summed E-state index contributed by atoms with van der Waals surface area (Å²) in [6.45, 7) is -0.0425. The van der Waals surface area contributed by atoms with Crippen LogP contribution in [0.1, 0.15) is 16.7 Å². The standard InChI is InChI=1S/C24H18BrF4N3O4/c1-35-20-11-14(10-18(25)21(20)36-13-15-4-2-3-5-19(15)26)12-30-32-23(34)22(33)31-17-8-6-16(7-9-17)24(27,28)29/h2-12H,13H2,1H3,(H,31,33)(H,32,34)/b30-12+. The second-order valence-electron chi connectivity index (χ2n) is 7.14. The number of ether oxygens (including phenoxy) is 2. The maximum absolute atomic E-state index is 13.8. The van der Waals surface area contributed by atoms with E-state index >= 15 is 0 Å². The first-order valence-electron chi connectivity index (χ1n) is 10.1. The summed E-state index contributed by atoms with van der Waals surface area (Å²) in [6.07, 6.45) is -3.28. The van der Waals surface area contributed by atoms with Crippen molar-refractivity contribution in [3.8, 4) is 11.5 Å². The number of hydrazone groups is 1. The predicted molar refractivity (Wildman–Crippen MR) is 127 cm³/mol. The molecule has 0 aliphatic heterocycles. The molecular formula is C24H18BrF4N3O4. The Morgan fingerprint density at radius 2 is 1.75 bits per heavy atom. The predicted octanol–water partition coefficient (Wildman–Crippen LogP) is 5.28. The highest BCUT2D eigenvalue weighted by Gasteiger charge is 2.30. The van der Waals surface area contributed by atoms with Gasteiger partial charge < -0.3 is 14.8 Å². The van der Waals surface area contributed by atoms with Crippen LogP contribution in [0.5, 0.6) is 11.5 Å². The normalized spacial score (nSPS) is 11.3. The molecule has 2 N–H and O–H groups in total. The number of carbonyl (C=O) groups is 2. The Morgan fingerprint density at radius 3 is 2.39 bits per heavy atom. The molecule has 188 valence electrons. The zero-order valence-corrected chi connectivity index (χ0v) is 20.1. The Bertz CT molecular complexity index is 1280. The molecule has 3 aromatic rings. The number of nitrogens with one attached hydrogen (secondary N) is 2. The van der Waals surface area contributed by atoms with Crippen LogP contribution in [0.15, 0.2) is 70.2 Å². The van der Waals surface area contributed by atoms with Crippen molar-refractivity contribution >= 4 is 39.6 Å². The number of hydrogen-bond acceptors (Lipinski definition) is 5. The average molecular weight is 568 g/mol. The van der Waals surface area contributed by atoms with Gasteiger partial charge >= 0.3 is 18.0 Å². The number of benzene rings is 3. The van der Waals surface area contributed by atoms with Crippen molar-refractivity contribution in [2.24, 2.45) is 5.10 Å². The van der Waals surface area contributed by atoms with Crippen molar-refractivity contribution in [1.29, 1.82) is 0 Å². The number of alkyl halides is 3. The number of carbonyl (C=O) groups excluding carboxylic acids is 2. The molecular weight excluding hydrogens is 550 g/mol. The third kappa shape index (κ3) is 7.04. The molecule has 2 amide bonds. The molecule has 0 aromatic heterocycles. The molecule has 0 saturated carbocycles. The summed E-state index contributed by atoms with van der Waals surface area (Å²) in [4.78, 5) is 23.9. The number of nitrogens with zero attached hydrogens (tertiary/aromatic N) is 1. The van der Waals surface area contributed by atoms with Gasteiger partial charge in [-0.3, -0.25) is 9.59 Å². The van der Waals surface area contributed by atoms with Crippen molar-refractivity contribution in [1.82, 2.24) is 5.43 Å². The fourth-order valence-electron chi connectivity index (χ4n) is 2.87. The maximum atomic E-state index is 13.8. The van der Waals surface area contributed by atoms with Crippen molar-refractivity contribution in [3.05, 3.63) is 87.6 Å². The van der Waals surface area contributed by atoms with Gasteiger partial charge in [-0.15, -0.1) is 0 Å². The number of anilines is 1. The summed E-state index contributed by atoms with van der Waals surface area (Å²) in [7, 11) is 1.41. The molecule has 0 radical (unpaired) electrons. The second kappa shape index (κ2) is 11.7. The molecule has 7 nitrogen and oxygen atoms in total. The first-order valence-corrected chi connectivity index (χ1v) is 10.9. The Kier molecular flexibility index (Phi) is 8.64. The molecule has 0 bridgehead atoms. The fourth-order valence-corrected chi connectivity index (χ4v) is 3.44. The Hall–Kier alpha value is -3.93. The lowest BCUT2D eigenvalue weighted by atomic mass is 10.2. The zero-order chi connectivity index (χ0) is 26.3. The van der Waals surface area contributed by atoms with Gasteiger partial charge in [0.25, 0.3) is 0 Å². The number of methoxy groups -OCH3 is 1. The van der Waals surface area contributed by atoms with E-state index in [2.05, 4.69) is 26.3 Å². The number of rotatable bonds is 7. The van der Waals surface area contributed by atoms with Crippen molar-refractivity contribution in [2.45, 2.75) is 12.8 Å². The molecule has 0 spiro atoms. The smallest absolute Gasteiger partial charge is 0.416 e. The van der Waals surface area contributed by atoms with E-state index < -0.39 is 29.4 Å². The van der Waals surface area contributed by atoms with Gasteiger partial charge in [-0.25, -0.2) is 9.82 Å². The molecule has 0 unspecified atom stereocenters. The van der Waals surface area contributed by atoms with Gasteiger partial charge in [0.05, 0.1) is 23.4 Å². The van der Waals surface area contributed by atoms with E-state index in [1.54, 1.807) is 30.3 Å². The lowest BCUT2D eigenvalue weighted by Gasteiger charge is -2.14. The maximum Gasteiger partial charge on any atom is 0.416 e. The first kappa shape index (κ1) is 26.7. The molecule has 12 heteroatoms. The quantitative estimate of drug-likeness (QED) is 0.176. The van der Waals surface area contributed by atoms with E-state index in [1.807, 2.05) is 5.43 Å². The van der Waals surface area contributed by atoms with Crippen molar-refractivity contribution < 1.29 is 36.6 Å². The monoisotopic (exact) mass is 567 g/mol. The Labute approximate surface area is 211 Å². The highest BCUT2D eigenvalue weighted by molar-refractivity contribution is 9.10. The van der Waals surface area contributed by atoms with Gasteiger partial charge in [-0.2, -0.15) is 18.3 Å². The molecule has 0 saturated heterocycles. The number of amides is 2. The van der Waals surface area contributed by atoms with E-state index in [4.69, 9.17) is 9.47 Å². The minimum atomic E-state index is -4.52. The van der Waals surface area contributed by atoms with Gasteiger partial charge in [-0.05, 0) is 64.0 Å². The molecule has 0 atom stereocenters. The van der Waals surface area contributed by atoms with Crippen molar-refractivity contribution in [3.63, 3.8) is 0 Å². The van der Waals surface area contributed by atoms with E-state index in [-0.39, 0.29) is 12.3 Å². The third-order valence-electron chi connectivity index (χ3n) is 4.64. The first-order chi connectivity index (χ1) is 17.1. The zero-order valence-electron chi connectivity index (χ0n) is 18.5. The van der Waals surface area contributed by atoms with Crippen LogP contribution in [-0.4, -0.2) is 25.1 Å². The SMILES string of the molecule is COc1cc(/C=N/NC(=O)C(=O)Nc2ccc(C(F)(F)F)cc2)cc(Br)c1OCc1ccccc1F. The Balaban J connectivity index is 1.60. The van der Waals surface area contributed by atoms with E-state index in [9.17, 15) is 27.2 Å². The number of hydrogen-bond donors (Lipinski definition) is 2. The van der Waals surface area contributed by atoms with Crippen LogP contribution >= 0.6 is 15.9 Å².